The first-order chi connectivity index (χ1) is 11.4. The van der Waals surface area contributed by atoms with Crippen LogP contribution in [0.25, 0.3) is 0 Å². The van der Waals surface area contributed by atoms with Crippen LogP contribution in [-0.4, -0.2) is 57.2 Å². The van der Waals surface area contributed by atoms with Crippen molar-refractivity contribution in [2.45, 2.75) is 25.7 Å². The highest BCUT2D eigenvalue weighted by atomic mass is 16.4. The van der Waals surface area contributed by atoms with E-state index in [1.807, 2.05) is 0 Å². The third-order valence-corrected chi connectivity index (χ3v) is 4.99. The van der Waals surface area contributed by atoms with Crippen molar-refractivity contribution in [2.24, 2.45) is 18.4 Å². The van der Waals surface area contributed by atoms with E-state index in [9.17, 15) is 19.5 Å². The van der Waals surface area contributed by atoms with Gasteiger partial charge in [0, 0.05) is 32.9 Å². The Balaban J connectivity index is 1.45. The molecular formula is C16H22N4O4. The summed E-state index contributed by atoms with van der Waals surface area (Å²) in [6.45, 7) is 1.67. The first-order valence-corrected chi connectivity index (χ1v) is 8.22. The molecule has 1 saturated carbocycles. The van der Waals surface area contributed by atoms with Crippen LogP contribution in [0.5, 0.6) is 0 Å². The Morgan fingerprint density at radius 1 is 1.33 bits per heavy atom. The van der Waals surface area contributed by atoms with Gasteiger partial charge in [0.15, 0.2) is 0 Å². The van der Waals surface area contributed by atoms with Crippen LogP contribution >= 0.6 is 0 Å². The molecule has 0 bridgehead atoms. The smallest absolute Gasteiger partial charge is 0.319 e. The molecule has 24 heavy (non-hydrogen) atoms. The van der Waals surface area contributed by atoms with Gasteiger partial charge in [-0.15, -0.1) is 0 Å². The SMILES string of the molecule is Cn1cc(C(=O)NCC2CCN(C(=O)C3(C(=O)O)CC3)CC2)cn1. The Labute approximate surface area is 139 Å². The van der Waals surface area contributed by atoms with E-state index < -0.39 is 11.4 Å². The zero-order chi connectivity index (χ0) is 17.3. The van der Waals surface area contributed by atoms with Gasteiger partial charge in [-0.1, -0.05) is 0 Å². The second kappa shape index (κ2) is 6.26. The van der Waals surface area contributed by atoms with Crippen LogP contribution in [0.15, 0.2) is 12.4 Å². The number of aliphatic carboxylic acids is 1. The molecule has 0 unspecified atom stereocenters. The first kappa shape index (κ1) is 16.5. The fourth-order valence-corrected chi connectivity index (χ4v) is 3.16. The van der Waals surface area contributed by atoms with Crippen molar-refractivity contribution in [1.29, 1.82) is 0 Å². The number of aromatic nitrogens is 2. The molecule has 8 heteroatoms. The number of carboxylic acids is 1. The second-order valence-electron chi connectivity index (χ2n) is 6.74. The van der Waals surface area contributed by atoms with Crippen LogP contribution < -0.4 is 5.32 Å². The number of rotatable bonds is 5. The number of hydrogen-bond donors (Lipinski definition) is 2. The molecule has 2 amide bonds. The molecule has 1 aliphatic carbocycles. The van der Waals surface area contributed by atoms with Crippen molar-refractivity contribution >= 4 is 17.8 Å². The van der Waals surface area contributed by atoms with Crippen molar-refractivity contribution in [1.82, 2.24) is 20.0 Å². The maximum absolute atomic E-state index is 12.3. The van der Waals surface area contributed by atoms with Crippen LogP contribution in [-0.2, 0) is 16.6 Å². The predicted molar refractivity (Wildman–Crippen MR) is 84.1 cm³/mol. The lowest BCUT2D eigenvalue weighted by molar-refractivity contribution is -0.154. The quantitative estimate of drug-likeness (QED) is 0.751. The fourth-order valence-electron chi connectivity index (χ4n) is 3.16. The van der Waals surface area contributed by atoms with Gasteiger partial charge in [0.1, 0.15) is 5.41 Å². The third-order valence-electron chi connectivity index (χ3n) is 4.99. The van der Waals surface area contributed by atoms with Crippen molar-refractivity contribution in [3.8, 4) is 0 Å². The van der Waals surface area contributed by atoms with Gasteiger partial charge in [-0.25, -0.2) is 0 Å². The second-order valence-corrected chi connectivity index (χ2v) is 6.74. The maximum atomic E-state index is 12.3. The number of nitrogens with one attached hydrogen (secondary N) is 1. The van der Waals surface area contributed by atoms with E-state index in [1.165, 1.54) is 6.20 Å². The van der Waals surface area contributed by atoms with Gasteiger partial charge >= 0.3 is 5.97 Å². The molecule has 3 rings (SSSR count). The summed E-state index contributed by atoms with van der Waals surface area (Å²) in [6, 6.07) is 0. The molecule has 1 aliphatic heterocycles. The predicted octanol–water partition coefficient (Wildman–Crippen LogP) is 0.253. The molecule has 0 spiro atoms. The topological polar surface area (TPSA) is 105 Å². The Bertz CT molecular complexity index is 657. The van der Waals surface area contributed by atoms with Gasteiger partial charge in [0.25, 0.3) is 5.91 Å². The highest BCUT2D eigenvalue weighted by Gasteiger charge is 2.58. The van der Waals surface area contributed by atoms with E-state index in [1.54, 1.807) is 22.8 Å². The van der Waals surface area contributed by atoms with Crippen LogP contribution in [0.3, 0.4) is 0 Å². The molecular weight excluding hydrogens is 312 g/mol. The minimum absolute atomic E-state index is 0.149. The monoisotopic (exact) mass is 334 g/mol. The number of nitrogens with zero attached hydrogens (tertiary/aromatic N) is 3. The lowest BCUT2D eigenvalue weighted by Gasteiger charge is -2.33. The molecule has 8 nitrogen and oxygen atoms in total. The molecule has 0 radical (unpaired) electrons. The normalized spacial score (nSPS) is 19.8. The summed E-state index contributed by atoms with van der Waals surface area (Å²) in [5, 5.41) is 16.1. The van der Waals surface area contributed by atoms with Gasteiger partial charge in [0.2, 0.25) is 5.91 Å². The number of carboxylic acid groups (broad SMARTS) is 1. The Hall–Kier alpha value is -2.38. The molecule has 130 valence electrons. The Kier molecular flexibility index (Phi) is 4.29. The number of aryl methyl sites for hydroxylation is 1. The maximum Gasteiger partial charge on any atom is 0.319 e. The molecule has 0 atom stereocenters. The molecule has 2 aliphatic rings. The summed E-state index contributed by atoms with van der Waals surface area (Å²) in [6.07, 6.45) is 5.63. The number of carbonyl (C=O) groups is 3. The summed E-state index contributed by atoms with van der Waals surface area (Å²) < 4.78 is 1.58. The summed E-state index contributed by atoms with van der Waals surface area (Å²) in [4.78, 5) is 37.3. The minimum Gasteiger partial charge on any atom is -0.480 e. The number of likely N-dealkylation sites (tertiary alicyclic amines) is 1. The molecule has 2 heterocycles. The molecule has 0 aromatic carbocycles. The lowest BCUT2D eigenvalue weighted by Crippen LogP contribution is -2.46. The van der Waals surface area contributed by atoms with E-state index in [4.69, 9.17) is 0 Å². The zero-order valence-corrected chi connectivity index (χ0v) is 13.7. The molecule has 1 aromatic heterocycles. The lowest BCUT2D eigenvalue weighted by atomic mass is 9.95. The van der Waals surface area contributed by atoms with Crippen LogP contribution in [0.4, 0.5) is 0 Å². The Morgan fingerprint density at radius 2 is 2.00 bits per heavy atom. The highest BCUT2D eigenvalue weighted by Crippen LogP contribution is 2.47. The summed E-state index contributed by atoms with van der Waals surface area (Å²) >= 11 is 0. The number of amides is 2. The molecule has 2 N–H and O–H groups in total. The summed E-state index contributed by atoms with van der Waals surface area (Å²) in [7, 11) is 1.76. The molecule has 1 saturated heterocycles. The highest BCUT2D eigenvalue weighted by molar-refractivity contribution is 6.04. The standard InChI is InChI=1S/C16H22N4O4/c1-19-10-12(9-18-19)13(21)17-8-11-2-6-20(7-3-11)14(22)16(4-5-16)15(23)24/h9-11H,2-8H2,1H3,(H,17,21)(H,23,24). The average Bonchev–Trinajstić information content (AvgIpc) is 3.28. The van der Waals surface area contributed by atoms with E-state index in [0.29, 0.717) is 44.0 Å². The van der Waals surface area contributed by atoms with E-state index in [-0.39, 0.29) is 11.8 Å². The molecule has 1 aromatic rings. The van der Waals surface area contributed by atoms with Crippen LogP contribution in [0, 0.1) is 11.3 Å². The van der Waals surface area contributed by atoms with E-state index in [2.05, 4.69) is 10.4 Å². The van der Waals surface area contributed by atoms with Crippen molar-refractivity contribution in [2.75, 3.05) is 19.6 Å². The largest absolute Gasteiger partial charge is 0.480 e. The Morgan fingerprint density at radius 3 is 2.50 bits per heavy atom. The van der Waals surface area contributed by atoms with E-state index >= 15 is 0 Å². The summed E-state index contributed by atoms with van der Waals surface area (Å²) in [5.74, 6) is -1.09. The van der Waals surface area contributed by atoms with Crippen LogP contribution in [0.1, 0.15) is 36.0 Å². The van der Waals surface area contributed by atoms with Crippen molar-refractivity contribution < 1.29 is 19.5 Å². The molecule has 2 fully saturated rings. The third kappa shape index (κ3) is 3.13. The number of hydrogen-bond acceptors (Lipinski definition) is 4. The summed E-state index contributed by atoms with van der Waals surface area (Å²) in [5.41, 5.74) is -0.622. The fraction of sp³-hybridized carbons (Fsp3) is 0.625. The van der Waals surface area contributed by atoms with Crippen molar-refractivity contribution in [3.63, 3.8) is 0 Å². The van der Waals surface area contributed by atoms with Gasteiger partial charge < -0.3 is 15.3 Å². The van der Waals surface area contributed by atoms with Crippen molar-refractivity contribution in [3.05, 3.63) is 18.0 Å². The zero-order valence-electron chi connectivity index (χ0n) is 13.7. The van der Waals surface area contributed by atoms with Gasteiger partial charge in [-0.3, -0.25) is 19.1 Å². The number of carbonyl (C=O) groups excluding carboxylic acids is 2. The van der Waals surface area contributed by atoms with E-state index in [0.717, 1.165) is 12.8 Å². The number of piperidine rings is 1. The van der Waals surface area contributed by atoms with Gasteiger partial charge in [-0.05, 0) is 31.6 Å². The first-order valence-electron chi connectivity index (χ1n) is 8.22. The van der Waals surface area contributed by atoms with Gasteiger partial charge in [-0.2, -0.15) is 5.10 Å². The minimum atomic E-state index is -1.15. The van der Waals surface area contributed by atoms with Crippen LogP contribution in [0.2, 0.25) is 0 Å². The average molecular weight is 334 g/mol. The van der Waals surface area contributed by atoms with Gasteiger partial charge in [0.05, 0.1) is 11.8 Å².